The molecule has 3 aliphatic rings. The van der Waals surface area contributed by atoms with E-state index in [1.54, 1.807) is 0 Å². The van der Waals surface area contributed by atoms with Crippen molar-refractivity contribution in [1.82, 2.24) is 19.4 Å². The summed E-state index contributed by atoms with van der Waals surface area (Å²) in [6.07, 6.45) is 8.66. The number of hydrogen-bond donors (Lipinski definition) is 2. The highest BCUT2D eigenvalue weighted by Crippen LogP contribution is 2.38. The molecule has 2 amide bonds. The molecular formula is C35H46FN5O3. The summed E-state index contributed by atoms with van der Waals surface area (Å²) in [5.74, 6) is 0.444. The van der Waals surface area contributed by atoms with Crippen LogP contribution in [-0.4, -0.2) is 68.1 Å². The lowest BCUT2D eigenvalue weighted by molar-refractivity contribution is -0.137. The van der Waals surface area contributed by atoms with E-state index in [0.29, 0.717) is 23.3 Å². The molecule has 236 valence electrons. The number of amides is 2. The highest BCUT2D eigenvalue weighted by molar-refractivity contribution is 6.04. The molecule has 8 nitrogen and oxygen atoms in total. The van der Waals surface area contributed by atoms with Gasteiger partial charge in [-0.1, -0.05) is 6.07 Å². The fourth-order valence-corrected chi connectivity index (χ4v) is 7.48. The Kier molecular flexibility index (Phi) is 9.06. The largest absolute Gasteiger partial charge is 0.390 e. The number of rotatable bonds is 7. The van der Waals surface area contributed by atoms with Crippen LogP contribution in [0, 0.1) is 17.7 Å². The Balaban J connectivity index is 1.23. The topological polar surface area (TPSA) is 90.7 Å². The minimum atomic E-state index is -0.649. The van der Waals surface area contributed by atoms with Crippen molar-refractivity contribution in [2.24, 2.45) is 11.8 Å². The van der Waals surface area contributed by atoms with Crippen LogP contribution in [-0.2, 0) is 11.3 Å². The summed E-state index contributed by atoms with van der Waals surface area (Å²) < 4.78 is 15.7. The normalized spacial score (nSPS) is 22.3. The first-order valence-corrected chi connectivity index (χ1v) is 16.5. The average molecular weight is 604 g/mol. The summed E-state index contributed by atoms with van der Waals surface area (Å²) in [7, 11) is 0. The second-order valence-corrected chi connectivity index (χ2v) is 13.7. The molecule has 0 bridgehead atoms. The smallest absolute Gasteiger partial charge is 0.257 e. The van der Waals surface area contributed by atoms with E-state index in [0.717, 1.165) is 95.1 Å². The SMILES string of the molecule is CC(C)(O)C1CCN(Cc2ccc3nc(NC(=O)c4ccc(F)cc4)n(C4CCC(C(=O)N5CCCCC5)CC4)c3c2)CC1. The summed E-state index contributed by atoms with van der Waals surface area (Å²) >= 11 is 0. The minimum Gasteiger partial charge on any atom is -0.390 e. The molecule has 3 aromatic rings. The lowest BCUT2D eigenvalue weighted by atomic mass is 9.83. The first-order valence-electron chi connectivity index (χ1n) is 16.5. The van der Waals surface area contributed by atoms with Gasteiger partial charge in [0.15, 0.2) is 0 Å². The van der Waals surface area contributed by atoms with E-state index >= 15 is 0 Å². The molecule has 0 spiro atoms. The molecule has 2 aliphatic heterocycles. The van der Waals surface area contributed by atoms with Crippen LogP contribution in [0.5, 0.6) is 0 Å². The monoisotopic (exact) mass is 603 g/mol. The molecular weight excluding hydrogens is 557 g/mol. The lowest BCUT2D eigenvalue weighted by Crippen LogP contribution is -2.41. The number of nitrogens with zero attached hydrogens (tertiary/aromatic N) is 4. The first-order chi connectivity index (χ1) is 21.2. The zero-order valence-corrected chi connectivity index (χ0v) is 26.1. The fourth-order valence-electron chi connectivity index (χ4n) is 7.48. The van der Waals surface area contributed by atoms with Gasteiger partial charge in [0.2, 0.25) is 11.9 Å². The Morgan fingerprint density at radius 3 is 2.27 bits per heavy atom. The molecule has 0 atom stereocenters. The molecule has 2 aromatic carbocycles. The summed E-state index contributed by atoms with van der Waals surface area (Å²) in [6, 6.07) is 12.0. The maximum absolute atomic E-state index is 13.5. The Labute approximate surface area is 259 Å². The Morgan fingerprint density at radius 1 is 0.932 bits per heavy atom. The summed E-state index contributed by atoms with van der Waals surface area (Å²) in [5, 5.41) is 13.5. The van der Waals surface area contributed by atoms with Crippen molar-refractivity contribution in [2.75, 3.05) is 31.5 Å². The number of anilines is 1. The van der Waals surface area contributed by atoms with Crippen LogP contribution in [0.2, 0.25) is 0 Å². The number of hydrogen-bond acceptors (Lipinski definition) is 5. The molecule has 0 unspecified atom stereocenters. The molecule has 3 fully saturated rings. The number of halogens is 1. The van der Waals surface area contributed by atoms with Gasteiger partial charge in [0.1, 0.15) is 5.82 Å². The molecule has 9 heteroatoms. The van der Waals surface area contributed by atoms with Crippen molar-refractivity contribution in [3.63, 3.8) is 0 Å². The van der Waals surface area contributed by atoms with Crippen LogP contribution in [0.25, 0.3) is 11.0 Å². The average Bonchev–Trinajstić information content (AvgIpc) is 3.38. The first kappa shape index (κ1) is 30.7. The molecule has 44 heavy (non-hydrogen) atoms. The third-order valence-corrected chi connectivity index (χ3v) is 10.2. The molecule has 1 aliphatic carbocycles. The summed E-state index contributed by atoms with van der Waals surface area (Å²) in [5.41, 5.74) is 2.70. The summed E-state index contributed by atoms with van der Waals surface area (Å²) in [6.45, 7) is 8.28. The van der Waals surface area contributed by atoms with Gasteiger partial charge in [-0.05, 0) is 133 Å². The molecule has 3 heterocycles. The molecule has 2 N–H and O–H groups in total. The lowest BCUT2D eigenvalue weighted by Gasteiger charge is -2.37. The Hall–Kier alpha value is -3.30. The van der Waals surface area contributed by atoms with Gasteiger partial charge in [0.25, 0.3) is 5.91 Å². The number of likely N-dealkylation sites (tertiary alicyclic amines) is 2. The minimum absolute atomic E-state index is 0.0544. The number of carbonyl (C=O) groups is 2. The van der Waals surface area contributed by atoms with E-state index in [1.165, 1.54) is 36.2 Å². The second kappa shape index (κ2) is 13.0. The predicted octanol–water partition coefficient (Wildman–Crippen LogP) is 6.15. The van der Waals surface area contributed by atoms with E-state index < -0.39 is 5.60 Å². The van der Waals surface area contributed by atoms with Gasteiger partial charge >= 0.3 is 0 Å². The number of piperidine rings is 2. The van der Waals surface area contributed by atoms with Crippen molar-refractivity contribution in [2.45, 2.75) is 89.8 Å². The summed E-state index contributed by atoms with van der Waals surface area (Å²) in [4.78, 5) is 35.9. The van der Waals surface area contributed by atoms with Gasteiger partial charge in [0.05, 0.1) is 16.6 Å². The van der Waals surface area contributed by atoms with Crippen molar-refractivity contribution >= 4 is 28.8 Å². The fraction of sp³-hybridized carbons (Fsp3) is 0.571. The number of aromatic nitrogens is 2. The van der Waals surface area contributed by atoms with Gasteiger partial charge in [-0.25, -0.2) is 9.37 Å². The maximum atomic E-state index is 13.5. The van der Waals surface area contributed by atoms with Crippen molar-refractivity contribution in [3.05, 3.63) is 59.4 Å². The number of nitrogens with one attached hydrogen (secondary N) is 1. The van der Waals surface area contributed by atoms with E-state index in [4.69, 9.17) is 4.98 Å². The van der Waals surface area contributed by atoms with E-state index in [2.05, 4.69) is 31.8 Å². The third-order valence-electron chi connectivity index (χ3n) is 10.2. The van der Waals surface area contributed by atoms with Gasteiger partial charge < -0.3 is 14.6 Å². The predicted molar refractivity (Wildman–Crippen MR) is 170 cm³/mol. The number of carbonyl (C=O) groups excluding carboxylic acids is 2. The van der Waals surface area contributed by atoms with Crippen molar-refractivity contribution in [3.8, 4) is 0 Å². The number of aliphatic hydroxyl groups is 1. The number of benzene rings is 2. The zero-order valence-electron chi connectivity index (χ0n) is 26.1. The Morgan fingerprint density at radius 2 is 1.61 bits per heavy atom. The van der Waals surface area contributed by atoms with E-state index in [9.17, 15) is 19.1 Å². The Bertz CT molecular complexity index is 1460. The standard InChI is InChI=1S/C35H46FN5O3/c1-35(2,44)27-16-20-39(21-17-27)23-24-6-15-30-31(22-24)41(34(37-30)38-32(42)25-7-11-28(36)12-8-25)29-13-9-26(10-14-29)33(43)40-18-4-3-5-19-40/h6-8,11-12,15,22,26-27,29,44H,3-5,9-10,13-14,16-21,23H2,1-2H3,(H,37,38,42). The van der Waals surface area contributed by atoms with Crippen LogP contribution < -0.4 is 5.32 Å². The van der Waals surface area contributed by atoms with Gasteiger partial charge in [-0.2, -0.15) is 0 Å². The quantitative estimate of drug-likeness (QED) is 0.338. The maximum Gasteiger partial charge on any atom is 0.257 e. The molecule has 1 saturated carbocycles. The highest BCUT2D eigenvalue weighted by Gasteiger charge is 2.33. The van der Waals surface area contributed by atoms with Crippen molar-refractivity contribution in [1.29, 1.82) is 0 Å². The number of imidazole rings is 1. The molecule has 2 saturated heterocycles. The highest BCUT2D eigenvalue weighted by atomic mass is 19.1. The van der Waals surface area contributed by atoms with Crippen LogP contribution in [0.3, 0.4) is 0 Å². The van der Waals surface area contributed by atoms with Crippen LogP contribution in [0.4, 0.5) is 10.3 Å². The molecule has 1 aromatic heterocycles. The zero-order chi connectivity index (χ0) is 30.8. The van der Waals surface area contributed by atoms with Crippen LogP contribution >= 0.6 is 0 Å². The van der Waals surface area contributed by atoms with Crippen LogP contribution in [0.1, 0.15) is 93.6 Å². The van der Waals surface area contributed by atoms with Crippen molar-refractivity contribution < 1.29 is 19.1 Å². The molecule has 0 radical (unpaired) electrons. The van der Waals surface area contributed by atoms with Gasteiger partial charge in [-0.15, -0.1) is 0 Å². The van der Waals surface area contributed by atoms with E-state index in [1.807, 2.05) is 19.9 Å². The van der Waals surface area contributed by atoms with Gasteiger partial charge in [0, 0.05) is 37.2 Å². The van der Waals surface area contributed by atoms with Gasteiger partial charge in [-0.3, -0.25) is 19.8 Å². The third kappa shape index (κ3) is 6.84. The second-order valence-electron chi connectivity index (χ2n) is 13.7. The van der Waals surface area contributed by atoms with E-state index in [-0.39, 0.29) is 23.7 Å². The van der Waals surface area contributed by atoms with Crippen LogP contribution in [0.15, 0.2) is 42.5 Å². The molecule has 6 rings (SSSR count). The number of fused-ring (bicyclic) bond motifs is 1.